The molecule has 3 heterocycles. The summed E-state index contributed by atoms with van der Waals surface area (Å²) in [5.74, 6) is 0. The number of benzene rings is 2. The largest absolute Gasteiger partial charge is 0.455 e. The van der Waals surface area contributed by atoms with E-state index in [2.05, 4.69) is 30.3 Å². The quantitative estimate of drug-likeness (QED) is 0.475. The molecule has 4 heteroatoms. The Labute approximate surface area is 171 Å². The maximum atomic E-state index is 12.9. The number of carbonyl (C=O) groups excluding carboxylic acids is 1. The number of para-hydroxylation sites is 2. The molecule has 1 amide bonds. The Hall–Kier alpha value is -2.75. The Kier molecular flexibility index (Phi) is 4.19. The summed E-state index contributed by atoms with van der Waals surface area (Å²) in [5.41, 5.74) is 3.82. The van der Waals surface area contributed by atoms with Gasteiger partial charge in [0.15, 0.2) is 0 Å². The lowest BCUT2D eigenvalue weighted by Gasteiger charge is -2.45. The van der Waals surface area contributed by atoms with Gasteiger partial charge in [-0.25, -0.2) is 4.79 Å². The highest BCUT2D eigenvalue weighted by Crippen LogP contribution is 2.41. The molecule has 0 spiro atoms. The van der Waals surface area contributed by atoms with E-state index in [1.54, 1.807) is 0 Å². The minimum absolute atomic E-state index is 0.0898. The summed E-state index contributed by atoms with van der Waals surface area (Å²) in [6, 6.07) is 14.8. The lowest BCUT2D eigenvalue weighted by atomic mass is 9.83. The molecule has 2 atom stereocenters. The Bertz CT molecular complexity index is 1120. The molecule has 29 heavy (non-hydrogen) atoms. The second kappa shape index (κ2) is 6.65. The number of fused-ring (bicyclic) bond motifs is 5. The van der Waals surface area contributed by atoms with E-state index in [1.807, 2.05) is 43.9 Å². The second-order valence-electron chi connectivity index (χ2n) is 9.22. The van der Waals surface area contributed by atoms with Gasteiger partial charge in [-0.15, -0.1) is 0 Å². The highest BCUT2D eigenvalue weighted by Gasteiger charge is 2.39. The van der Waals surface area contributed by atoms with Crippen molar-refractivity contribution < 1.29 is 13.9 Å². The van der Waals surface area contributed by atoms with E-state index < -0.39 is 5.60 Å². The van der Waals surface area contributed by atoms with Crippen molar-refractivity contribution in [1.82, 2.24) is 4.90 Å². The number of nitrogens with zero attached hydrogens (tertiary/aromatic N) is 1. The molecule has 0 radical (unpaired) electrons. The van der Waals surface area contributed by atoms with Gasteiger partial charge in [-0.2, -0.15) is 0 Å². The van der Waals surface area contributed by atoms with Gasteiger partial charge in [0.2, 0.25) is 0 Å². The van der Waals surface area contributed by atoms with Crippen LogP contribution in [0.25, 0.3) is 27.5 Å². The molecule has 5 rings (SSSR count). The SMILES string of the molecule is CC(C)(C)OC(=O)N1C2C=C(c3cccc4c3oc3ccccc34)CC1CCC2. The van der Waals surface area contributed by atoms with Crippen LogP contribution in [-0.4, -0.2) is 28.7 Å². The average Bonchev–Trinajstić information content (AvgIpc) is 3.04. The van der Waals surface area contributed by atoms with Crippen LogP contribution >= 0.6 is 0 Å². The van der Waals surface area contributed by atoms with E-state index in [0.717, 1.165) is 53.2 Å². The fourth-order valence-electron chi connectivity index (χ4n) is 4.83. The molecule has 3 aromatic rings. The van der Waals surface area contributed by atoms with Gasteiger partial charge in [0, 0.05) is 22.4 Å². The number of furan rings is 1. The van der Waals surface area contributed by atoms with Crippen LogP contribution in [0.3, 0.4) is 0 Å². The second-order valence-corrected chi connectivity index (χ2v) is 9.22. The zero-order valence-electron chi connectivity index (χ0n) is 17.3. The standard InChI is InChI=1S/C25H27NO3/c1-25(2,3)29-24(27)26-17-8-6-9-18(26)15-16(14-17)19-11-7-12-21-20-10-4-5-13-22(20)28-23(19)21/h4-5,7,10-14,17-18H,6,8-9,15H2,1-3H3. The van der Waals surface area contributed by atoms with Gasteiger partial charge >= 0.3 is 6.09 Å². The molecule has 2 aliphatic heterocycles. The summed E-state index contributed by atoms with van der Waals surface area (Å²) in [4.78, 5) is 14.8. The van der Waals surface area contributed by atoms with Crippen molar-refractivity contribution >= 4 is 33.6 Å². The Morgan fingerprint density at radius 1 is 1.07 bits per heavy atom. The van der Waals surface area contributed by atoms with Crippen LogP contribution in [0.2, 0.25) is 0 Å². The number of carbonyl (C=O) groups is 1. The van der Waals surface area contributed by atoms with E-state index in [0.29, 0.717) is 0 Å². The summed E-state index contributed by atoms with van der Waals surface area (Å²) in [6.45, 7) is 5.77. The predicted molar refractivity (Wildman–Crippen MR) is 116 cm³/mol. The number of piperidine rings is 1. The van der Waals surface area contributed by atoms with Gasteiger partial charge in [0.25, 0.3) is 0 Å². The van der Waals surface area contributed by atoms with Crippen molar-refractivity contribution in [3.63, 3.8) is 0 Å². The fourth-order valence-corrected chi connectivity index (χ4v) is 4.83. The molecule has 1 aromatic heterocycles. The molecule has 1 fully saturated rings. The van der Waals surface area contributed by atoms with Gasteiger partial charge in [0.1, 0.15) is 16.8 Å². The first kappa shape index (κ1) is 18.3. The van der Waals surface area contributed by atoms with Crippen molar-refractivity contribution in [2.45, 2.75) is 64.1 Å². The van der Waals surface area contributed by atoms with Crippen LogP contribution in [0, 0.1) is 0 Å². The molecule has 150 valence electrons. The monoisotopic (exact) mass is 389 g/mol. The van der Waals surface area contributed by atoms with Crippen LogP contribution < -0.4 is 0 Å². The summed E-state index contributed by atoms with van der Waals surface area (Å²) in [7, 11) is 0. The van der Waals surface area contributed by atoms with E-state index >= 15 is 0 Å². The molecule has 0 saturated carbocycles. The first-order chi connectivity index (χ1) is 13.9. The number of rotatable bonds is 1. The summed E-state index contributed by atoms with van der Waals surface area (Å²) in [6.07, 6.45) is 6.06. The maximum Gasteiger partial charge on any atom is 0.411 e. The fraction of sp³-hybridized carbons (Fsp3) is 0.400. The van der Waals surface area contributed by atoms with Crippen LogP contribution in [0.4, 0.5) is 4.79 Å². The lowest BCUT2D eigenvalue weighted by molar-refractivity contribution is 0.0000915. The van der Waals surface area contributed by atoms with Crippen molar-refractivity contribution in [3.8, 4) is 0 Å². The van der Waals surface area contributed by atoms with Crippen molar-refractivity contribution in [1.29, 1.82) is 0 Å². The number of hydrogen-bond acceptors (Lipinski definition) is 3. The van der Waals surface area contributed by atoms with Gasteiger partial charge in [-0.1, -0.05) is 42.5 Å². The van der Waals surface area contributed by atoms with Crippen LogP contribution in [0.15, 0.2) is 53.0 Å². The first-order valence-corrected chi connectivity index (χ1v) is 10.5. The topological polar surface area (TPSA) is 42.7 Å². The summed E-state index contributed by atoms with van der Waals surface area (Å²) in [5, 5.41) is 2.30. The number of amides is 1. The summed E-state index contributed by atoms with van der Waals surface area (Å²) < 4.78 is 12.0. The van der Waals surface area contributed by atoms with Crippen LogP contribution in [0.1, 0.15) is 52.0 Å². The molecule has 2 unspecified atom stereocenters. The van der Waals surface area contributed by atoms with Crippen LogP contribution in [0.5, 0.6) is 0 Å². The zero-order chi connectivity index (χ0) is 20.2. The zero-order valence-corrected chi connectivity index (χ0v) is 17.3. The highest BCUT2D eigenvalue weighted by atomic mass is 16.6. The molecule has 0 aliphatic carbocycles. The molecule has 4 nitrogen and oxygen atoms in total. The number of hydrogen-bond donors (Lipinski definition) is 0. The van der Waals surface area contributed by atoms with Crippen molar-refractivity contribution in [3.05, 3.63) is 54.1 Å². The van der Waals surface area contributed by atoms with Gasteiger partial charge in [0.05, 0.1) is 6.04 Å². The number of ether oxygens (including phenoxy) is 1. The maximum absolute atomic E-state index is 12.9. The van der Waals surface area contributed by atoms with Crippen LogP contribution in [-0.2, 0) is 4.74 Å². The Morgan fingerprint density at radius 3 is 2.66 bits per heavy atom. The lowest BCUT2D eigenvalue weighted by Crippen LogP contribution is -2.53. The molecule has 0 N–H and O–H groups in total. The third-order valence-corrected chi connectivity index (χ3v) is 5.99. The van der Waals surface area contributed by atoms with E-state index in [4.69, 9.17) is 9.15 Å². The molecule has 2 aliphatic rings. The average molecular weight is 389 g/mol. The predicted octanol–water partition coefficient (Wildman–Crippen LogP) is 6.53. The van der Waals surface area contributed by atoms with Gasteiger partial charge in [-0.05, 0) is 58.1 Å². The summed E-state index contributed by atoms with van der Waals surface area (Å²) >= 11 is 0. The minimum Gasteiger partial charge on any atom is -0.455 e. The molecule has 2 bridgehead atoms. The van der Waals surface area contributed by atoms with E-state index in [1.165, 1.54) is 5.57 Å². The van der Waals surface area contributed by atoms with E-state index in [9.17, 15) is 4.79 Å². The minimum atomic E-state index is -0.477. The molecule has 2 aromatic carbocycles. The third kappa shape index (κ3) is 3.21. The molecular formula is C25H27NO3. The highest BCUT2D eigenvalue weighted by molar-refractivity contribution is 6.08. The van der Waals surface area contributed by atoms with E-state index in [-0.39, 0.29) is 18.2 Å². The molecular weight excluding hydrogens is 362 g/mol. The van der Waals surface area contributed by atoms with Gasteiger partial charge < -0.3 is 9.15 Å². The Balaban J connectivity index is 1.56. The third-order valence-electron chi connectivity index (χ3n) is 5.99. The normalized spacial score (nSPS) is 22.0. The smallest absolute Gasteiger partial charge is 0.411 e. The van der Waals surface area contributed by atoms with Gasteiger partial charge in [-0.3, -0.25) is 4.90 Å². The van der Waals surface area contributed by atoms with Crippen molar-refractivity contribution in [2.75, 3.05) is 0 Å². The Morgan fingerprint density at radius 2 is 1.86 bits per heavy atom. The van der Waals surface area contributed by atoms with Crippen molar-refractivity contribution in [2.24, 2.45) is 0 Å². The first-order valence-electron chi connectivity index (χ1n) is 10.5. The molecule has 1 saturated heterocycles.